The zero-order valence-electron chi connectivity index (χ0n) is 19.1. The number of imidazole rings is 1. The van der Waals surface area contributed by atoms with E-state index < -0.39 is 0 Å². The van der Waals surface area contributed by atoms with E-state index in [4.69, 9.17) is 0 Å². The Morgan fingerprint density at radius 2 is 1.75 bits per heavy atom. The summed E-state index contributed by atoms with van der Waals surface area (Å²) in [5.41, 5.74) is 4.29. The van der Waals surface area contributed by atoms with Gasteiger partial charge in [-0.05, 0) is 43.8 Å². The molecule has 0 spiro atoms. The molecule has 0 bridgehead atoms. The highest BCUT2D eigenvalue weighted by Crippen LogP contribution is 2.24. The summed E-state index contributed by atoms with van der Waals surface area (Å²) in [7, 11) is 4.10. The Morgan fingerprint density at radius 1 is 1.06 bits per heavy atom. The molecule has 3 heterocycles. The minimum Gasteiger partial charge on any atom is -0.355 e. The number of nitrogens with one attached hydrogen (secondary N) is 1. The molecule has 4 rings (SSSR count). The van der Waals surface area contributed by atoms with Crippen molar-refractivity contribution in [3.8, 4) is 0 Å². The van der Waals surface area contributed by atoms with Gasteiger partial charge in [-0.15, -0.1) is 0 Å². The summed E-state index contributed by atoms with van der Waals surface area (Å²) in [6.07, 6.45) is 1.90. The van der Waals surface area contributed by atoms with Crippen LogP contribution in [0.2, 0.25) is 0 Å². The third-order valence-electron chi connectivity index (χ3n) is 5.85. The molecule has 0 unspecified atom stereocenters. The highest BCUT2D eigenvalue weighted by molar-refractivity contribution is 5.94. The lowest BCUT2D eigenvalue weighted by atomic mass is 10.2. The fraction of sp³-hybridized carbons (Fsp3) is 0.375. The zero-order valence-corrected chi connectivity index (χ0v) is 19.1. The van der Waals surface area contributed by atoms with Crippen LogP contribution in [0.1, 0.15) is 28.5 Å². The largest absolute Gasteiger partial charge is 0.355 e. The Bertz CT molecular complexity index is 1130. The summed E-state index contributed by atoms with van der Waals surface area (Å²) in [4.78, 5) is 35.3. The molecule has 1 N–H and O–H groups in total. The molecule has 8 heteroatoms. The zero-order chi connectivity index (χ0) is 22.8. The highest BCUT2D eigenvalue weighted by Gasteiger charge is 2.22. The lowest BCUT2D eigenvalue weighted by Crippen LogP contribution is -2.47. The Morgan fingerprint density at radius 3 is 2.41 bits per heavy atom. The predicted octanol–water partition coefficient (Wildman–Crippen LogP) is 2.63. The molecule has 0 aliphatic carbocycles. The number of aromatic nitrogens is 2. The molecule has 3 aromatic rings. The van der Waals surface area contributed by atoms with E-state index in [1.807, 2.05) is 65.9 Å². The van der Waals surface area contributed by atoms with Gasteiger partial charge < -0.3 is 20.0 Å². The Hall–Kier alpha value is -3.39. The topological polar surface area (TPSA) is 73.2 Å². The number of pyridine rings is 1. The highest BCUT2D eigenvalue weighted by atomic mass is 16.2. The van der Waals surface area contributed by atoms with Crippen molar-refractivity contribution in [1.29, 1.82) is 0 Å². The number of carbonyl (C=O) groups excluding carboxylic acids is 2. The lowest BCUT2D eigenvalue weighted by Gasteiger charge is -2.32. The molecule has 1 aliphatic rings. The number of carbonyl (C=O) groups is 2. The maximum atomic E-state index is 13.1. The molecule has 1 aliphatic heterocycles. The summed E-state index contributed by atoms with van der Waals surface area (Å²) in [5, 5.41) is 2.79. The maximum absolute atomic E-state index is 13.1. The van der Waals surface area contributed by atoms with Gasteiger partial charge in [0.15, 0.2) is 0 Å². The summed E-state index contributed by atoms with van der Waals surface area (Å²) >= 11 is 0. The lowest BCUT2D eigenvalue weighted by molar-refractivity contribution is -0.114. The molecule has 168 valence electrons. The van der Waals surface area contributed by atoms with Crippen molar-refractivity contribution in [2.45, 2.75) is 20.4 Å². The second kappa shape index (κ2) is 9.00. The molecule has 32 heavy (non-hydrogen) atoms. The average Bonchev–Trinajstić information content (AvgIpc) is 3.09. The number of hydrogen-bond acceptors (Lipinski definition) is 5. The molecule has 2 aromatic heterocycles. The second-order valence-electron chi connectivity index (χ2n) is 8.50. The first-order valence-corrected chi connectivity index (χ1v) is 10.9. The van der Waals surface area contributed by atoms with Gasteiger partial charge in [0.2, 0.25) is 5.91 Å². The fourth-order valence-corrected chi connectivity index (χ4v) is 4.17. The number of nitrogens with zero attached hydrogens (tertiary/aromatic N) is 5. The van der Waals surface area contributed by atoms with Gasteiger partial charge in [-0.25, -0.2) is 4.98 Å². The van der Waals surface area contributed by atoms with Gasteiger partial charge in [-0.1, -0.05) is 12.1 Å². The Kier molecular flexibility index (Phi) is 6.14. The van der Waals surface area contributed by atoms with Crippen molar-refractivity contribution in [1.82, 2.24) is 19.2 Å². The third kappa shape index (κ3) is 4.60. The molecule has 1 aromatic carbocycles. The van der Waals surface area contributed by atoms with Crippen LogP contribution in [0.15, 0.2) is 42.6 Å². The van der Waals surface area contributed by atoms with Crippen molar-refractivity contribution >= 4 is 29.0 Å². The smallest absolute Gasteiger partial charge is 0.255 e. The van der Waals surface area contributed by atoms with Gasteiger partial charge in [0.05, 0.1) is 11.3 Å². The van der Waals surface area contributed by atoms with E-state index in [1.165, 1.54) is 6.92 Å². The van der Waals surface area contributed by atoms with Crippen LogP contribution < -0.4 is 10.2 Å². The van der Waals surface area contributed by atoms with Crippen molar-refractivity contribution in [3.63, 3.8) is 0 Å². The number of benzene rings is 1. The number of likely N-dealkylation sites (N-methyl/N-ethyl adjacent to an activating group) is 1. The van der Waals surface area contributed by atoms with Crippen molar-refractivity contribution < 1.29 is 9.59 Å². The predicted molar refractivity (Wildman–Crippen MR) is 126 cm³/mol. The van der Waals surface area contributed by atoms with E-state index >= 15 is 0 Å². The number of piperazine rings is 1. The summed E-state index contributed by atoms with van der Waals surface area (Å²) < 4.78 is 2.00. The van der Waals surface area contributed by atoms with E-state index in [1.54, 1.807) is 0 Å². The molecular formula is C24H30N6O2. The number of amides is 2. The quantitative estimate of drug-likeness (QED) is 0.668. The fourth-order valence-electron chi connectivity index (χ4n) is 4.17. The van der Waals surface area contributed by atoms with Gasteiger partial charge in [0.25, 0.3) is 5.91 Å². The Balaban J connectivity index is 1.56. The second-order valence-corrected chi connectivity index (χ2v) is 8.50. The summed E-state index contributed by atoms with van der Waals surface area (Å²) in [5.74, 6) is 0.936. The van der Waals surface area contributed by atoms with Crippen LogP contribution in [0.25, 0.3) is 5.65 Å². The van der Waals surface area contributed by atoms with E-state index in [2.05, 4.69) is 27.1 Å². The van der Waals surface area contributed by atoms with Crippen molar-refractivity contribution in [2.24, 2.45) is 0 Å². The average molecular weight is 435 g/mol. The Labute approximate surface area is 188 Å². The molecular weight excluding hydrogens is 404 g/mol. The van der Waals surface area contributed by atoms with Crippen LogP contribution in [-0.4, -0.2) is 71.3 Å². The van der Waals surface area contributed by atoms with E-state index in [0.717, 1.165) is 54.6 Å². The van der Waals surface area contributed by atoms with Gasteiger partial charge in [-0.3, -0.25) is 14.0 Å². The minimum absolute atomic E-state index is 0.0634. The van der Waals surface area contributed by atoms with Crippen molar-refractivity contribution in [3.05, 3.63) is 59.4 Å². The summed E-state index contributed by atoms with van der Waals surface area (Å²) in [6.45, 7) is 7.44. The van der Waals surface area contributed by atoms with Crippen LogP contribution in [0, 0.1) is 6.92 Å². The first kappa shape index (κ1) is 21.8. The van der Waals surface area contributed by atoms with Crippen LogP contribution in [0.5, 0.6) is 0 Å². The molecule has 8 nitrogen and oxygen atoms in total. The number of fused-ring (bicyclic) bond motifs is 1. The third-order valence-corrected chi connectivity index (χ3v) is 5.85. The van der Waals surface area contributed by atoms with Crippen LogP contribution in [0.3, 0.4) is 0 Å². The van der Waals surface area contributed by atoms with Gasteiger partial charge in [-0.2, -0.15) is 0 Å². The monoisotopic (exact) mass is 434 g/mol. The van der Waals surface area contributed by atoms with Crippen LogP contribution >= 0.6 is 0 Å². The number of aryl methyl sites for hydroxylation is 1. The molecule has 1 fully saturated rings. The van der Waals surface area contributed by atoms with E-state index in [0.29, 0.717) is 12.1 Å². The van der Waals surface area contributed by atoms with Crippen LogP contribution in [0.4, 0.5) is 11.5 Å². The molecule has 0 atom stereocenters. The number of rotatable bonds is 5. The molecule has 0 radical (unpaired) electrons. The molecule has 0 saturated carbocycles. The minimum atomic E-state index is -0.0850. The first-order valence-electron chi connectivity index (χ1n) is 10.9. The standard InChI is InChI=1S/C24H30N6O2/c1-17-23(28(4)15-19-5-8-21(9-6-19)26-18(2)31)30-16-20(7-10-22(30)25-17)24(32)29-13-11-27(3)12-14-29/h5-10,16H,11-15H2,1-4H3,(H,26,31). The molecule has 2 amide bonds. The van der Waals surface area contributed by atoms with Gasteiger partial charge in [0, 0.05) is 58.6 Å². The van der Waals surface area contributed by atoms with Crippen molar-refractivity contribution in [2.75, 3.05) is 50.5 Å². The van der Waals surface area contributed by atoms with Gasteiger partial charge >= 0.3 is 0 Å². The van der Waals surface area contributed by atoms with E-state index in [-0.39, 0.29) is 11.8 Å². The molecule has 1 saturated heterocycles. The normalized spacial score (nSPS) is 14.6. The van der Waals surface area contributed by atoms with Crippen LogP contribution in [-0.2, 0) is 11.3 Å². The van der Waals surface area contributed by atoms with E-state index in [9.17, 15) is 9.59 Å². The first-order chi connectivity index (χ1) is 15.3. The SMILES string of the molecule is CC(=O)Nc1ccc(CN(C)c2c(C)nc3ccc(C(=O)N4CCN(C)CC4)cn23)cc1. The number of hydrogen-bond donors (Lipinski definition) is 1. The number of anilines is 2. The summed E-state index contributed by atoms with van der Waals surface area (Å²) in [6, 6.07) is 11.6. The maximum Gasteiger partial charge on any atom is 0.255 e. The van der Waals surface area contributed by atoms with Gasteiger partial charge in [0.1, 0.15) is 11.5 Å².